The topological polar surface area (TPSA) is 67.4 Å². The van der Waals surface area contributed by atoms with Crippen molar-refractivity contribution in [3.63, 3.8) is 0 Å². The lowest BCUT2D eigenvalue weighted by atomic mass is 10.0. The molecule has 0 atom stereocenters. The van der Waals surface area contributed by atoms with Gasteiger partial charge in [0.2, 0.25) is 5.75 Å². The zero-order valence-electron chi connectivity index (χ0n) is 17.5. The molecule has 4 rings (SSSR count). The number of hydrogen-bond donors (Lipinski definition) is 2. The third-order valence-corrected chi connectivity index (χ3v) is 5.12. The molecular formula is C25H24N2O3. The van der Waals surface area contributed by atoms with Crippen molar-refractivity contribution in [2.75, 3.05) is 14.2 Å². The van der Waals surface area contributed by atoms with E-state index in [1.807, 2.05) is 0 Å². The number of aromatic hydroxyl groups is 1. The first-order valence-corrected chi connectivity index (χ1v) is 9.69. The lowest BCUT2D eigenvalue weighted by molar-refractivity contribution is 0.340. The Morgan fingerprint density at radius 1 is 0.733 bits per heavy atom. The van der Waals surface area contributed by atoms with Gasteiger partial charge in [-0.2, -0.15) is 0 Å². The third kappa shape index (κ3) is 3.62. The fourth-order valence-electron chi connectivity index (χ4n) is 3.39. The number of aromatic amines is 1. The number of nitrogens with one attached hydrogen (secondary N) is 1. The van der Waals surface area contributed by atoms with Gasteiger partial charge in [0.05, 0.1) is 25.6 Å². The van der Waals surface area contributed by atoms with Gasteiger partial charge in [-0.15, -0.1) is 0 Å². The molecule has 0 bridgehead atoms. The first-order valence-electron chi connectivity index (χ1n) is 9.69. The Hall–Kier alpha value is -3.73. The summed E-state index contributed by atoms with van der Waals surface area (Å²) in [6.45, 7) is 4.13. The number of hydrogen-bond acceptors (Lipinski definition) is 4. The van der Waals surface area contributed by atoms with Gasteiger partial charge in [0.25, 0.3) is 0 Å². The van der Waals surface area contributed by atoms with E-state index >= 15 is 0 Å². The van der Waals surface area contributed by atoms with Crippen LogP contribution in [0.1, 0.15) is 11.1 Å². The van der Waals surface area contributed by atoms with E-state index in [-0.39, 0.29) is 5.75 Å². The Morgan fingerprint density at radius 2 is 1.23 bits per heavy atom. The van der Waals surface area contributed by atoms with Crippen LogP contribution in [-0.4, -0.2) is 29.3 Å². The van der Waals surface area contributed by atoms with Gasteiger partial charge < -0.3 is 19.6 Å². The van der Waals surface area contributed by atoms with Gasteiger partial charge in [0.1, 0.15) is 5.82 Å². The second-order valence-electron chi connectivity index (χ2n) is 7.27. The Morgan fingerprint density at radius 3 is 1.73 bits per heavy atom. The van der Waals surface area contributed by atoms with E-state index in [4.69, 9.17) is 14.5 Å². The van der Waals surface area contributed by atoms with Crippen LogP contribution in [0.3, 0.4) is 0 Å². The number of aryl methyl sites for hydroxylation is 2. The Labute approximate surface area is 176 Å². The predicted molar refractivity (Wildman–Crippen MR) is 119 cm³/mol. The number of phenols is 1. The number of phenolic OH excluding ortho intramolecular Hbond substituents is 1. The molecule has 0 aliphatic heterocycles. The van der Waals surface area contributed by atoms with Gasteiger partial charge >= 0.3 is 0 Å². The van der Waals surface area contributed by atoms with Crippen LogP contribution < -0.4 is 9.47 Å². The van der Waals surface area contributed by atoms with Crippen molar-refractivity contribution in [3.05, 3.63) is 71.8 Å². The number of imidazole rings is 1. The number of methoxy groups -OCH3 is 2. The molecule has 5 heteroatoms. The minimum absolute atomic E-state index is 0.0344. The molecule has 4 aromatic rings. The molecule has 152 valence electrons. The van der Waals surface area contributed by atoms with Gasteiger partial charge in [-0.25, -0.2) is 4.98 Å². The maximum Gasteiger partial charge on any atom is 0.200 e. The van der Waals surface area contributed by atoms with Crippen molar-refractivity contribution < 1.29 is 14.6 Å². The van der Waals surface area contributed by atoms with Gasteiger partial charge in [-0.05, 0) is 26.0 Å². The highest BCUT2D eigenvalue weighted by atomic mass is 16.5. The molecule has 0 radical (unpaired) electrons. The van der Waals surface area contributed by atoms with Gasteiger partial charge in [-0.3, -0.25) is 0 Å². The molecule has 30 heavy (non-hydrogen) atoms. The highest BCUT2D eigenvalue weighted by Crippen LogP contribution is 2.41. The second-order valence-corrected chi connectivity index (χ2v) is 7.27. The predicted octanol–water partition coefficient (Wildman–Crippen LogP) is 5.75. The van der Waals surface area contributed by atoms with Crippen LogP contribution in [0.15, 0.2) is 60.7 Å². The fraction of sp³-hybridized carbons (Fsp3) is 0.160. The van der Waals surface area contributed by atoms with Crippen LogP contribution >= 0.6 is 0 Å². The van der Waals surface area contributed by atoms with E-state index < -0.39 is 0 Å². The molecule has 0 spiro atoms. The smallest absolute Gasteiger partial charge is 0.200 e. The van der Waals surface area contributed by atoms with Crippen LogP contribution in [0.5, 0.6) is 17.2 Å². The first-order chi connectivity index (χ1) is 14.5. The monoisotopic (exact) mass is 400 g/mol. The Kier molecular flexibility index (Phi) is 5.19. The van der Waals surface area contributed by atoms with Gasteiger partial charge in [0.15, 0.2) is 11.5 Å². The van der Waals surface area contributed by atoms with Crippen molar-refractivity contribution in [3.8, 4) is 51.2 Å². The minimum Gasteiger partial charge on any atom is -0.502 e. The molecule has 0 saturated carbocycles. The molecule has 1 aromatic heterocycles. The van der Waals surface area contributed by atoms with E-state index in [2.05, 4.69) is 67.4 Å². The highest BCUT2D eigenvalue weighted by molar-refractivity contribution is 5.82. The zero-order chi connectivity index (χ0) is 21.3. The molecule has 0 unspecified atom stereocenters. The Bertz CT molecular complexity index is 1090. The largest absolute Gasteiger partial charge is 0.502 e. The van der Waals surface area contributed by atoms with Crippen LogP contribution in [0, 0.1) is 13.8 Å². The van der Waals surface area contributed by atoms with Gasteiger partial charge in [-0.1, -0.05) is 59.7 Å². The summed E-state index contributed by atoms with van der Waals surface area (Å²) in [7, 11) is 3.02. The van der Waals surface area contributed by atoms with Crippen molar-refractivity contribution in [2.24, 2.45) is 0 Å². The number of aromatic nitrogens is 2. The second kappa shape index (κ2) is 7.95. The number of H-pyrrole nitrogens is 1. The fourth-order valence-corrected chi connectivity index (χ4v) is 3.39. The molecule has 0 fully saturated rings. The van der Waals surface area contributed by atoms with Crippen molar-refractivity contribution >= 4 is 0 Å². The molecule has 3 aromatic carbocycles. The average Bonchev–Trinajstić information content (AvgIpc) is 3.20. The number of ether oxygens (including phenoxy) is 2. The van der Waals surface area contributed by atoms with Crippen LogP contribution in [0.4, 0.5) is 0 Å². The third-order valence-electron chi connectivity index (χ3n) is 5.12. The average molecular weight is 400 g/mol. The van der Waals surface area contributed by atoms with E-state index in [1.54, 1.807) is 12.1 Å². The molecule has 0 aliphatic rings. The summed E-state index contributed by atoms with van der Waals surface area (Å²) in [5.41, 5.74) is 7.01. The maximum atomic E-state index is 10.2. The van der Waals surface area contributed by atoms with Crippen LogP contribution in [-0.2, 0) is 0 Å². The number of benzene rings is 3. The summed E-state index contributed by atoms with van der Waals surface area (Å²) in [6.07, 6.45) is 0. The standard InChI is InChI=1S/C25H24N2O3/c1-15-5-9-17(10-6-15)22-23(18-11-7-16(2)8-12-18)27-25(26-22)19-13-20(29-3)24(28)21(14-19)30-4/h5-14,28H,1-4H3,(H,26,27). The zero-order valence-corrected chi connectivity index (χ0v) is 17.5. The van der Waals surface area contributed by atoms with Crippen molar-refractivity contribution in [1.82, 2.24) is 9.97 Å². The lowest BCUT2D eigenvalue weighted by Crippen LogP contribution is -1.91. The summed E-state index contributed by atoms with van der Waals surface area (Å²) in [4.78, 5) is 8.38. The lowest BCUT2D eigenvalue weighted by Gasteiger charge is -2.10. The summed E-state index contributed by atoms with van der Waals surface area (Å²) in [6, 6.07) is 20.1. The van der Waals surface area contributed by atoms with E-state index in [9.17, 15) is 5.11 Å². The normalized spacial score (nSPS) is 10.8. The Balaban J connectivity index is 1.91. The summed E-state index contributed by atoms with van der Waals surface area (Å²) in [5, 5.41) is 10.2. The van der Waals surface area contributed by atoms with Crippen LogP contribution in [0.25, 0.3) is 33.9 Å². The number of nitrogens with zero attached hydrogens (tertiary/aromatic N) is 1. The van der Waals surface area contributed by atoms with Crippen molar-refractivity contribution in [1.29, 1.82) is 0 Å². The quantitative estimate of drug-likeness (QED) is 0.448. The molecule has 0 amide bonds. The molecule has 0 saturated heterocycles. The van der Waals surface area contributed by atoms with E-state index in [1.165, 1.54) is 25.3 Å². The molecule has 5 nitrogen and oxygen atoms in total. The van der Waals surface area contributed by atoms with Gasteiger partial charge in [0, 0.05) is 16.7 Å². The summed E-state index contributed by atoms with van der Waals surface area (Å²) >= 11 is 0. The molecule has 1 heterocycles. The number of rotatable bonds is 5. The van der Waals surface area contributed by atoms with Crippen molar-refractivity contribution in [2.45, 2.75) is 13.8 Å². The SMILES string of the molecule is COc1cc(-c2nc(-c3ccc(C)cc3)c(-c3ccc(C)cc3)[nH]2)cc(OC)c1O. The molecule has 0 aliphatic carbocycles. The van der Waals surface area contributed by atoms with E-state index in [0.717, 1.165) is 28.1 Å². The molecule has 2 N–H and O–H groups in total. The highest BCUT2D eigenvalue weighted by Gasteiger charge is 2.18. The summed E-state index contributed by atoms with van der Waals surface area (Å²) < 4.78 is 10.6. The molecular weight excluding hydrogens is 376 g/mol. The maximum absolute atomic E-state index is 10.2. The summed E-state index contributed by atoms with van der Waals surface area (Å²) in [5.74, 6) is 1.29. The van der Waals surface area contributed by atoms with E-state index in [0.29, 0.717) is 17.3 Å². The van der Waals surface area contributed by atoms with Crippen LogP contribution in [0.2, 0.25) is 0 Å². The first kappa shape index (κ1) is 19.6. The minimum atomic E-state index is -0.0344.